The van der Waals surface area contributed by atoms with E-state index < -0.39 is 0 Å². The molecule has 0 unspecified atom stereocenters. The van der Waals surface area contributed by atoms with Gasteiger partial charge in [-0.25, -0.2) is 0 Å². The second kappa shape index (κ2) is 6.67. The Bertz CT molecular complexity index is 780. The van der Waals surface area contributed by atoms with Crippen molar-refractivity contribution >= 4 is 28.4 Å². The first-order valence-corrected chi connectivity index (χ1v) is 7.70. The molecular formula is C18H17ClN2O. The standard InChI is InChI=1S/C18H17ClN2O/c19-15-8-9-16-14(11-15)12-17(21-16)18(22)20-10-4-7-13-5-2-1-3-6-13/h1-3,5-6,8-9,11-12,21H,4,7,10H2,(H,20,22). The largest absolute Gasteiger partial charge is 0.351 e. The number of fused-ring (bicyclic) bond motifs is 1. The SMILES string of the molecule is O=C(NCCCc1ccccc1)c1cc2cc(Cl)ccc2[nH]1. The van der Waals surface area contributed by atoms with Gasteiger partial charge in [-0.05, 0) is 42.7 Å². The Morgan fingerprint density at radius 3 is 2.73 bits per heavy atom. The van der Waals surface area contributed by atoms with Gasteiger partial charge in [0.1, 0.15) is 5.69 Å². The van der Waals surface area contributed by atoms with Crippen LogP contribution in [-0.2, 0) is 6.42 Å². The van der Waals surface area contributed by atoms with Crippen LogP contribution < -0.4 is 5.32 Å². The minimum atomic E-state index is -0.0830. The van der Waals surface area contributed by atoms with Crippen LogP contribution in [0.1, 0.15) is 22.5 Å². The van der Waals surface area contributed by atoms with Crippen LogP contribution in [0.25, 0.3) is 10.9 Å². The maximum Gasteiger partial charge on any atom is 0.267 e. The van der Waals surface area contributed by atoms with E-state index in [-0.39, 0.29) is 5.91 Å². The number of aromatic nitrogens is 1. The van der Waals surface area contributed by atoms with Crippen molar-refractivity contribution in [1.82, 2.24) is 10.3 Å². The molecule has 0 fully saturated rings. The summed E-state index contributed by atoms with van der Waals surface area (Å²) in [6.45, 7) is 0.657. The Hall–Kier alpha value is -2.26. The van der Waals surface area contributed by atoms with Crippen molar-refractivity contribution in [3.8, 4) is 0 Å². The fraction of sp³-hybridized carbons (Fsp3) is 0.167. The lowest BCUT2D eigenvalue weighted by atomic mass is 10.1. The van der Waals surface area contributed by atoms with Crippen molar-refractivity contribution in [1.29, 1.82) is 0 Å². The van der Waals surface area contributed by atoms with Crippen LogP contribution in [0, 0.1) is 0 Å². The highest BCUT2D eigenvalue weighted by molar-refractivity contribution is 6.31. The van der Waals surface area contributed by atoms with Crippen molar-refractivity contribution in [3.05, 3.63) is 70.9 Å². The summed E-state index contributed by atoms with van der Waals surface area (Å²) in [4.78, 5) is 15.2. The van der Waals surface area contributed by atoms with Gasteiger partial charge in [0.05, 0.1) is 0 Å². The predicted octanol–water partition coefficient (Wildman–Crippen LogP) is 4.18. The molecule has 2 aromatic carbocycles. The van der Waals surface area contributed by atoms with Gasteiger partial charge in [0, 0.05) is 22.5 Å². The molecule has 0 radical (unpaired) electrons. The summed E-state index contributed by atoms with van der Waals surface area (Å²) in [5.74, 6) is -0.0830. The topological polar surface area (TPSA) is 44.9 Å². The molecule has 4 heteroatoms. The van der Waals surface area contributed by atoms with Crippen molar-refractivity contribution in [3.63, 3.8) is 0 Å². The van der Waals surface area contributed by atoms with E-state index in [9.17, 15) is 4.79 Å². The van der Waals surface area contributed by atoms with Crippen molar-refractivity contribution in [2.45, 2.75) is 12.8 Å². The number of aryl methyl sites for hydroxylation is 1. The third-order valence-electron chi connectivity index (χ3n) is 3.60. The molecule has 22 heavy (non-hydrogen) atoms. The molecule has 3 aromatic rings. The van der Waals surface area contributed by atoms with Gasteiger partial charge in [0.15, 0.2) is 0 Å². The average molecular weight is 313 g/mol. The Kier molecular flexibility index (Phi) is 4.45. The van der Waals surface area contributed by atoms with Crippen LogP contribution in [0.3, 0.4) is 0 Å². The molecule has 3 nitrogen and oxygen atoms in total. The molecule has 0 spiro atoms. The molecule has 1 heterocycles. The van der Waals surface area contributed by atoms with Gasteiger partial charge in [0.2, 0.25) is 0 Å². The molecule has 0 aliphatic heterocycles. The Morgan fingerprint density at radius 2 is 1.91 bits per heavy atom. The molecule has 3 rings (SSSR count). The fourth-order valence-corrected chi connectivity index (χ4v) is 2.64. The first kappa shape index (κ1) is 14.7. The van der Waals surface area contributed by atoms with E-state index >= 15 is 0 Å². The van der Waals surface area contributed by atoms with E-state index in [4.69, 9.17) is 11.6 Å². The molecule has 0 aliphatic carbocycles. The third kappa shape index (κ3) is 3.49. The number of benzene rings is 2. The molecule has 112 valence electrons. The number of aromatic amines is 1. The lowest BCUT2D eigenvalue weighted by Crippen LogP contribution is -2.25. The summed E-state index contributed by atoms with van der Waals surface area (Å²) in [7, 11) is 0. The lowest BCUT2D eigenvalue weighted by molar-refractivity contribution is 0.0949. The Balaban J connectivity index is 1.54. The van der Waals surface area contributed by atoms with Gasteiger partial charge in [-0.3, -0.25) is 4.79 Å². The van der Waals surface area contributed by atoms with E-state index in [1.54, 1.807) is 0 Å². The molecule has 0 atom stereocenters. The number of hydrogen-bond donors (Lipinski definition) is 2. The minimum absolute atomic E-state index is 0.0830. The van der Waals surface area contributed by atoms with Gasteiger partial charge in [-0.1, -0.05) is 41.9 Å². The quantitative estimate of drug-likeness (QED) is 0.682. The summed E-state index contributed by atoms with van der Waals surface area (Å²) in [5, 5.41) is 4.56. The molecule has 1 amide bonds. The number of nitrogens with one attached hydrogen (secondary N) is 2. The second-order valence-electron chi connectivity index (χ2n) is 5.26. The van der Waals surface area contributed by atoms with Gasteiger partial charge < -0.3 is 10.3 Å². The van der Waals surface area contributed by atoms with Crippen LogP contribution in [0.15, 0.2) is 54.6 Å². The Morgan fingerprint density at radius 1 is 1.09 bits per heavy atom. The van der Waals surface area contributed by atoms with E-state index in [0.717, 1.165) is 23.7 Å². The monoisotopic (exact) mass is 312 g/mol. The summed E-state index contributed by atoms with van der Waals surface area (Å²) in [5.41, 5.74) is 2.77. The van der Waals surface area contributed by atoms with Crippen molar-refractivity contribution < 1.29 is 4.79 Å². The fourth-order valence-electron chi connectivity index (χ4n) is 2.46. The highest BCUT2D eigenvalue weighted by atomic mass is 35.5. The first-order chi connectivity index (χ1) is 10.7. The van der Waals surface area contributed by atoms with Crippen molar-refractivity contribution in [2.24, 2.45) is 0 Å². The highest BCUT2D eigenvalue weighted by Gasteiger charge is 2.09. The number of carbonyl (C=O) groups is 1. The van der Waals surface area contributed by atoms with Gasteiger partial charge in [0.25, 0.3) is 5.91 Å². The number of carbonyl (C=O) groups excluding carboxylic acids is 1. The van der Waals surface area contributed by atoms with Crippen LogP contribution >= 0.6 is 11.6 Å². The second-order valence-corrected chi connectivity index (χ2v) is 5.70. The Labute approximate surface area is 134 Å². The lowest BCUT2D eigenvalue weighted by Gasteiger charge is -2.04. The van der Waals surface area contributed by atoms with Gasteiger partial charge >= 0.3 is 0 Å². The number of hydrogen-bond acceptors (Lipinski definition) is 1. The summed E-state index contributed by atoms with van der Waals surface area (Å²) in [6, 6.07) is 17.6. The van der Waals surface area contributed by atoms with Crippen molar-refractivity contribution in [2.75, 3.05) is 6.54 Å². The van der Waals surface area contributed by atoms with Gasteiger partial charge in [-0.2, -0.15) is 0 Å². The zero-order valence-electron chi connectivity index (χ0n) is 12.1. The average Bonchev–Trinajstić information content (AvgIpc) is 2.95. The summed E-state index contributed by atoms with van der Waals surface area (Å²) < 4.78 is 0. The molecule has 0 bridgehead atoms. The number of H-pyrrole nitrogens is 1. The van der Waals surface area contributed by atoms with Gasteiger partial charge in [-0.15, -0.1) is 0 Å². The van der Waals surface area contributed by atoms with E-state index in [1.807, 2.05) is 42.5 Å². The van der Waals surface area contributed by atoms with Crippen LogP contribution in [0.2, 0.25) is 5.02 Å². The predicted molar refractivity (Wildman–Crippen MR) is 90.4 cm³/mol. The smallest absolute Gasteiger partial charge is 0.267 e. The zero-order chi connectivity index (χ0) is 15.4. The highest BCUT2D eigenvalue weighted by Crippen LogP contribution is 2.20. The maximum absolute atomic E-state index is 12.1. The van der Waals surface area contributed by atoms with Crippen LogP contribution in [0.4, 0.5) is 0 Å². The van der Waals surface area contributed by atoms with E-state index in [2.05, 4.69) is 22.4 Å². The van der Waals surface area contributed by atoms with E-state index in [0.29, 0.717) is 17.3 Å². The molecule has 2 N–H and O–H groups in total. The zero-order valence-corrected chi connectivity index (χ0v) is 12.9. The number of halogens is 1. The number of rotatable bonds is 5. The first-order valence-electron chi connectivity index (χ1n) is 7.33. The molecular weight excluding hydrogens is 296 g/mol. The normalized spacial score (nSPS) is 10.8. The summed E-state index contributed by atoms with van der Waals surface area (Å²) >= 11 is 5.95. The summed E-state index contributed by atoms with van der Waals surface area (Å²) in [6.07, 6.45) is 1.88. The number of amides is 1. The van der Waals surface area contributed by atoms with Crippen LogP contribution in [-0.4, -0.2) is 17.4 Å². The molecule has 0 aliphatic rings. The third-order valence-corrected chi connectivity index (χ3v) is 3.83. The molecule has 0 saturated heterocycles. The molecule has 0 saturated carbocycles. The van der Waals surface area contributed by atoms with E-state index in [1.165, 1.54) is 5.56 Å². The molecule has 1 aromatic heterocycles. The van der Waals surface area contributed by atoms with Crippen LogP contribution in [0.5, 0.6) is 0 Å². The maximum atomic E-state index is 12.1. The minimum Gasteiger partial charge on any atom is -0.351 e.